The lowest BCUT2D eigenvalue weighted by atomic mass is 9.77. The third-order valence-corrected chi connectivity index (χ3v) is 6.61. The SMILES string of the molecule is CCCC1CCC(c2cc(F)c(C#CC3CCC(C=C(F)F)CC3)c(F)c2)CC1. The first-order valence-electron chi connectivity index (χ1n) is 11.0. The fraction of sp³-hybridized carbons (Fsp3) is 0.600. The Balaban J connectivity index is 1.63. The zero-order valence-corrected chi connectivity index (χ0v) is 17.1. The highest BCUT2D eigenvalue weighted by molar-refractivity contribution is 5.40. The molecule has 2 fully saturated rings. The van der Waals surface area contributed by atoms with Crippen LogP contribution in [-0.2, 0) is 0 Å². The molecule has 0 bridgehead atoms. The van der Waals surface area contributed by atoms with Gasteiger partial charge in [-0.1, -0.05) is 31.6 Å². The largest absolute Gasteiger partial charge is 0.266 e. The normalized spacial score (nSPS) is 27.1. The molecule has 2 aliphatic rings. The van der Waals surface area contributed by atoms with E-state index >= 15 is 0 Å². The number of halogens is 4. The average molecular weight is 407 g/mol. The third kappa shape index (κ3) is 6.11. The maximum absolute atomic E-state index is 14.6. The molecule has 158 valence electrons. The second-order valence-corrected chi connectivity index (χ2v) is 8.70. The van der Waals surface area contributed by atoms with Crippen LogP contribution in [0.3, 0.4) is 0 Å². The van der Waals surface area contributed by atoms with Crippen LogP contribution in [0, 0.1) is 41.2 Å². The van der Waals surface area contributed by atoms with Crippen LogP contribution in [0.5, 0.6) is 0 Å². The average Bonchev–Trinajstić information content (AvgIpc) is 2.69. The molecule has 0 spiro atoms. The minimum absolute atomic E-state index is 0.00893. The predicted octanol–water partition coefficient (Wildman–Crippen LogP) is 7.98. The molecule has 0 N–H and O–H groups in total. The van der Waals surface area contributed by atoms with Crippen molar-refractivity contribution < 1.29 is 17.6 Å². The Morgan fingerprint density at radius 2 is 1.59 bits per heavy atom. The maximum Gasteiger partial charge on any atom is 0.266 e. The second-order valence-electron chi connectivity index (χ2n) is 8.70. The quantitative estimate of drug-likeness (QED) is 0.351. The maximum atomic E-state index is 14.6. The van der Waals surface area contributed by atoms with Crippen LogP contribution in [0.4, 0.5) is 17.6 Å². The highest BCUT2D eigenvalue weighted by Gasteiger charge is 2.24. The number of rotatable bonds is 4. The van der Waals surface area contributed by atoms with E-state index in [2.05, 4.69) is 18.8 Å². The fourth-order valence-corrected chi connectivity index (χ4v) is 4.92. The predicted molar refractivity (Wildman–Crippen MR) is 109 cm³/mol. The molecule has 0 atom stereocenters. The molecule has 0 radical (unpaired) electrons. The summed E-state index contributed by atoms with van der Waals surface area (Å²) in [7, 11) is 0. The summed E-state index contributed by atoms with van der Waals surface area (Å²) in [5.41, 5.74) is 0.589. The van der Waals surface area contributed by atoms with Gasteiger partial charge in [0.05, 0.1) is 5.56 Å². The summed E-state index contributed by atoms with van der Waals surface area (Å²) in [5.74, 6) is 5.38. The molecule has 0 amide bonds. The van der Waals surface area contributed by atoms with E-state index < -0.39 is 17.7 Å². The van der Waals surface area contributed by atoms with Crippen molar-refractivity contribution in [1.82, 2.24) is 0 Å². The highest BCUT2D eigenvalue weighted by Crippen LogP contribution is 2.38. The smallest absolute Gasteiger partial charge is 0.206 e. The van der Waals surface area contributed by atoms with Gasteiger partial charge in [-0.05, 0) is 92.9 Å². The van der Waals surface area contributed by atoms with Gasteiger partial charge >= 0.3 is 0 Å². The summed E-state index contributed by atoms with van der Waals surface area (Å²) in [5, 5.41) is 0. The lowest BCUT2D eigenvalue weighted by Crippen LogP contribution is -2.14. The monoisotopic (exact) mass is 406 g/mol. The summed E-state index contributed by atoms with van der Waals surface area (Å²) in [4.78, 5) is 0. The van der Waals surface area contributed by atoms with Gasteiger partial charge in [0.25, 0.3) is 6.08 Å². The molecule has 0 aliphatic heterocycles. The summed E-state index contributed by atoms with van der Waals surface area (Å²) in [6.45, 7) is 2.20. The Hall–Kier alpha value is -1.76. The molecule has 29 heavy (non-hydrogen) atoms. The molecule has 3 rings (SSSR count). The number of benzene rings is 1. The zero-order chi connectivity index (χ0) is 20.8. The molecule has 0 aromatic heterocycles. The second kappa shape index (κ2) is 10.3. The molecule has 4 heteroatoms. The van der Waals surface area contributed by atoms with E-state index in [1.54, 1.807) is 0 Å². The van der Waals surface area contributed by atoms with Crippen LogP contribution < -0.4 is 0 Å². The first-order valence-corrected chi connectivity index (χ1v) is 11.0. The Labute approximate surface area is 171 Å². The van der Waals surface area contributed by atoms with Crippen LogP contribution in [0.25, 0.3) is 0 Å². The molecule has 1 aromatic carbocycles. The first-order chi connectivity index (χ1) is 14.0. The molecule has 0 heterocycles. The number of hydrogen-bond donors (Lipinski definition) is 0. The van der Waals surface area contributed by atoms with Gasteiger partial charge < -0.3 is 0 Å². The summed E-state index contributed by atoms with van der Waals surface area (Å²) in [6, 6.07) is 2.92. The highest BCUT2D eigenvalue weighted by atomic mass is 19.3. The molecule has 0 saturated heterocycles. The van der Waals surface area contributed by atoms with Crippen LogP contribution in [0.15, 0.2) is 24.3 Å². The number of allylic oxidation sites excluding steroid dienone is 1. The van der Waals surface area contributed by atoms with Crippen molar-refractivity contribution in [2.24, 2.45) is 17.8 Å². The minimum atomic E-state index is -1.64. The minimum Gasteiger partial charge on any atom is -0.206 e. The molecule has 0 nitrogen and oxygen atoms in total. The lowest BCUT2D eigenvalue weighted by Gasteiger charge is -2.28. The van der Waals surface area contributed by atoms with Crippen molar-refractivity contribution in [1.29, 1.82) is 0 Å². The zero-order valence-electron chi connectivity index (χ0n) is 17.1. The lowest BCUT2D eigenvalue weighted by molar-refractivity contribution is 0.307. The van der Waals surface area contributed by atoms with Crippen molar-refractivity contribution in [3.8, 4) is 11.8 Å². The molecule has 1 aromatic rings. The van der Waals surface area contributed by atoms with E-state index in [0.29, 0.717) is 25.7 Å². The van der Waals surface area contributed by atoms with Crippen LogP contribution in [0.1, 0.15) is 88.2 Å². The Morgan fingerprint density at radius 3 is 2.14 bits per heavy atom. The van der Waals surface area contributed by atoms with Gasteiger partial charge in [-0.3, -0.25) is 0 Å². The van der Waals surface area contributed by atoms with Crippen molar-refractivity contribution >= 4 is 0 Å². The van der Waals surface area contributed by atoms with Crippen LogP contribution in [-0.4, -0.2) is 0 Å². The van der Waals surface area contributed by atoms with Crippen molar-refractivity contribution in [3.63, 3.8) is 0 Å². The van der Waals surface area contributed by atoms with Gasteiger partial charge in [0.15, 0.2) is 0 Å². The van der Waals surface area contributed by atoms with Crippen molar-refractivity contribution in [3.05, 3.63) is 47.1 Å². The summed E-state index contributed by atoms with van der Waals surface area (Å²) >= 11 is 0. The van der Waals surface area contributed by atoms with E-state index in [0.717, 1.165) is 43.2 Å². The fourth-order valence-electron chi connectivity index (χ4n) is 4.92. The van der Waals surface area contributed by atoms with E-state index in [1.807, 2.05) is 0 Å². The third-order valence-electron chi connectivity index (χ3n) is 6.61. The van der Waals surface area contributed by atoms with Gasteiger partial charge in [0, 0.05) is 5.92 Å². The van der Waals surface area contributed by atoms with E-state index in [4.69, 9.17) is 0 Å². The van der Waals surface area contributed by atoms with Crippen LogP contribution in [0.2, 0.25) is 0 Å². The summed E-state index contributed by atoms with van der Waals surface area (Å²) < 4.78 is 53.9. The first kappa shape index (κ1) is 21.9. The van der Waals surface area contributed by atoms with Crippen molar-refractivity contribution in [2.75, 3.05) is 0 Å². The molecule has 2 aliphatic carbocycles. The van der Waals surface area contributed by atoms with Gasteiger partial charge in [0.2, 0.25) is 0 Å². The van der Waals surface area contributed by atoms with Gasteiger partial charge in [-0.25, -0.2) is 8.78 Å². The summed E-state index contributed by atoms with van der Waals surface area (Å²) in [6.07, 6.45) is 8.70. The van der Waals surface area contributed by atoms with Crippen molar-refractivity contribution in [2.45, 2.75) is 77.0 Å². The van der Waals surface area contributed by atoms with Gasteiger partial charge in [-0.15, -0.1) is 0 Å². The number of hydrogen-bond acceptors (Lipinski definition) is 0. The van der Waals surface area contributed by atoms with E-state index in [1.165, 1.54) is 25.0 Å². The Bertz CT molecular complexity index is 743. The van der Waals surface area contributed by atoms with E-state index in [-0.39, 0.29) is 23.3 Å². The van der Waals surface area contributed by atoms with Crippen LogP contribution >= 0.6 is 0 Å². The molecular weight excluding hydrogens is 376 g/mol. The molecule has 2 saturated carbocycles. The standard InChI is InChI=1S/C25H30F4/c1-2-3-17-8-11-20(12-9-17)21-15-23(26)22(24(27)16-21)13-10-18-4-6-19(7-5-18)14-25(28)29/h14-20H,2-9,11-12H2,1H3. The Kier molecular flexibility index (Phi) is 7.81. The van der Waals surface area contributed by atoms with E-state index in [9.17, 15) is 17.6 Å². The topological polar surface area (TPSA) is 0 Å². The van der Waals surface area contributed by atoms with Gasteiger partial charge in [-0.2, -0.15) is 8.78 Å². The molecular formula is C25H30F4. The van der Waals surface area contributed by atoms with Gasteiger partial charge in [0.1, 0.15) is 11.6 Å². The molecule has 0 unspecified atom stereocenters. The Morgan fingerprint density at radius 1 is 0.966 bits per heavy atom.